The van der Waals surface area contributed by atoms with Gasteiger partial charge in [0.05, 0.1) is 6.54 Å². The average Bonchev–Trinajstić information content (AvgIpc) is 3.15. The summed E-state index contributed by atoms with van der Waals surface area (Å²) in [7, 11) is 2.04. The number of pyridine rings is 1. The van der Waals surface area contributed by atoms with Crippen LogP contribution < -0.4 is 10.1 Å². The molecule has 0 atom stereocenters. The van der Waals surface area contributed by atoms with Gasteiger partial charge in [-0.25, -0.2) is 0 Å². The number of hydrogen-bond donors (Lipinski definition) is 1. The van der Waals surface area contributed by atoms with Crippen molar-refractivity contribution < 1.29 is 4.74 Å². The van der Waals surface area contributed by atoms with E-state index < -0.39 is 0 Å². The van der Waals surface area contributed by atoms with Gasteiger partial charge < -0.3 is 15.0 Å². The van der Waals surface area contributed by atoms with Crippen LogP contribution in [-0.2, 0) is 6.42 Å². The Balaban J connectivity index is 1.48. The number of benzene rings is 1. The topological polar surface area (TPSA) is 67.0 Å². The molecule has 1 aromatic carbocycles. The molecule has 0 radical (unpaired) electrons. The minimum Gasteiger partial charge on any atom is -0.491 e. The van der Waals surface area contributed by atoms with Crippen LogP contribution in [0.3, 0.4) is 0 Å². The fourth-order valence-corrected chi connectivity index (χ4v) is 3.07. The molecule has 0 aliphatic rings. The minimum absolute atomic E-state index is 0.609. The van der Waals surface area contributed by atoms with E-state index in [2.05, 4.69) is 40.3 Å². The van der Waals surface area contributed by atoms with E-state index in [1.807, 2.05) is 54.0 Å². The normalized spacial score (nSPS) is 11.6. The number of aromatic nitrogens is 3. The zero-order valence-electron chi connectivity index (χ0n) is 17.5. The Hall–Kier alpha value is -3.09. The summed E-state index contributed by atoms with van der Waals surface area (Å²) >= 11 is 0. The molecule has 0 fully saturated rings. The smallest absolute Gasteiger partial charge is 0.193 e. The van der Waals surface area contributed by atoms with E-state index in [1.54, 1.807) is 0 Å². The number of fused-ring (bicyclic) bond motifs is 1. The van der Waals surface area contributed by atoms with Crippen LogP contribution in [0, 0.1) is 6.92 Å². The molecule has 154 valence electrons. The highest BCUT2D eigenvalue weighted by Gasteiger charge is 2.07. The van der Waals surface area contributed by atoms with Crippen LogP contribution in [0.5, 0.6) is 5.75 Å². The molecule has 29 heavy (non-hydrogen) atoms. The Morgan fingerprint density at radius 3 is 2.83 bits per heavy atom. The van der Waals surface area contributed by atoms with Crippen molar-refractivity contribution in [2.45, 2.75) is 26.7 Å². The van der Waals surface area contributed by atoms with Gasteiger partial charge in [0.2, 0.25) is 0 Å². The number of aliphatic imine (C=N–C) groups is 1. The SMILES string of the molecule is CCNC(=NCCCc1nnc2ccccn12)N(C)CCOc1ccccc1C. The zero-order valence-corrected chi connectivity index (χ0v) is 17.5. The van der Waals surface area contributed by atoms with E-state index >= 15 is 0 Å². The summed E-state index contributed by atoms with van der Waals surface area (Å²) in [5.74, 6) is 2.80. The number of aryl methyl sites for hydroxylation is 2. The summed E-state index contributed by atoms with van der Waals surface area (Å²) in [5, 5.41) is 11.8. The van der Waals surface area contributed by atoms with Gasteiger partial charge in [0.25, 0.3) is 0 Å². The third-order valence-corrected chi connectivity index (χ3v) is 4.68. The van der Waals surface area contributed by atoms with E-state index in [0.717, 1.165) is 61.2 Å². The van der Waals surface area contributed by atoms with Gasteiger partial charge in [-0.2, -0.15) is 0 Å². The Morgan fingerprint density at radius 1 is 1.17 bits per heavy atom. The van der Waals surface area contributed by atoms with Crippen molar-refractivity contribution in [1.82, 2.24) is 24.8 Å². The first kappa shape index (κ1) is 20.6. The lowest BCUT2D eigenvalue weighted by molar-refractivity contribution is 0.280. The van der Waals surface area contributed by atoms with Crippen molar-refractivity contribution in [1.29, 1.82) is 0 Å². The van der Waals surface area contributed by atoms with Crippen LogP contribution in [0.1, 0.15) is 24.7 Å². The molecule has 2 heterocycles. The molecule has 0 unspecified atom stereocenters. The highest BCUT2D eigenvalue weighted by molar-refractivity contribution is 5.79. The molecular formula is C22H30N6O. The fraction of sp³-hybridized carbons (Fsp3) is 0.409. The molecule has 0 aliphatic heterocycles. The van der Waals surface area contributed by atoms with Crippen molar-refractivity contribution >= 4 is 11.6 Å². The Morgan fingerprint density at radius 2 is 2.00 bits per heavy atom. The van der Waals surface area contributed by atoms with E-state index in [-0.39, 0.29) is 0 Å². The highest BCUT2D eigenvalue weighted by atomic mass is 16.5. The number of nitrogens with zero attached hydrogens (tertiary/aromatic N) is 5. The van der Waals surface area contributed by atoms with Crippen LogP contribution >= 0.6 is 0 Å². The summed E-state index contributed by atoms with van der Waals surface area (Å²) in [4.78, 5) is 6.86. The molecule has 2 aromatic heterocycles. The summed E-state index contributed by atoms with van der Waals surface area (Å²) in [6.07, 6.45) is 3.76. The lowest BCUT2D eigenvalue weighted by Crippen LogP contribution is -2.41. The maximum atomic E-state index is 5.91. The van der Waals surface area contributed by atoms with Crippen LogP contribution in [0.4, 0.5) is 0 Å². The van der Waals surface area contributed by atoms with Gasteiger partial charge >= 0.3 is 0 Å². The minimum atomic E-state index is 0.609. The lowest BCUT2D eigenvalue weighted by Gasteiger charge is -2.22. The third-order valence-electron chi connectivity index (χ3n) is 4.68. The van der Waals surface area contributed by atoms with Crippen LogP contribution in [-0.4, -0.2) is 58.7 Å². The summed E-state index contributed by atoms with van der Waals surface area (Å²) in [5.41, 5.74) is 2.03. The average molecular weight is 395 g/mol. The molecule has 0 spiro atoms. The number of likely N-dealkylation sites (N-methyl/N-ethyl adjacent to an activating group) is 1. The first-order valence-corrected chi connectivity index (χ1v) is 10.2. The summed E-state index contributed by atoms with van der Waals surface area (Å²) in [6.45, 7) is 7.06. The summed E-state index contributed by atoms with van der Waals surface area (Å²) < 4.78 is 7.94. The second kappa shape index (κ2) is 10.5. The number of nitrogens with one attached hydrogen (secondary N) is 1. The Bertz CT molecular complexity index is 936. The fourth-order valence-electron chi connectivity index (χ4n) is 3.07. The monoisotopic (exact) mass is 394 g/mol. The molecule has 7 heteroatoms. The molecule has 0 saturated carbocycles. The molecule has 0 amide bonds. The van der Waals surface area contributed by atoms with Crippen LogP contribution in [0.25, 0.3) is 5.65 Å². The van der Waals surface area contributed by atoms with Crippen molar-refractivity contribution in [2.75, 3.05) is 33.3 Å². The maximum Gasteiger partial charge on any atom is 0.193 e. The van der Waals surface area contributed by atoms with Gasteiger partial charge in [-0.15, -0.1) is 10.2 Å². The van der Waals surface area contributed by atoms with Gasteiger partial charge in [-0.3, -0.25) is 9.39 Å². The Labute approximate surface area is 172 Å². The zero-order chi connectivity index (χ0) is 20.5. The van der Waals surface area contributed by atoms with Crippen LogP contribution in [0.15, 0.2) is 53.7 Å². The van der Waals surface area contributed by atoms with Gasteiger partial charge in [0.1, 0.15) is 18.2 Å². The van der Waals surface area contributed by atoms with Gasteiger partial charge in [-0.05, 0) is 44.0 Å². The molecule has 1 N–H and O–H groups in total. The number of hydrogen-bond acceptors (Lipinski definition) is 4. The van der Waals surface area contributed by atoms with Gasteiger partial charge in [0.15, 0.2) is 11.6 Å². The first-order valence-electron chi connectivity index (χ1n) is 10.2. The number of para-hydroxylation sites is 1. The number of guanidine groups is 1. The third kappa shape index (κ3) is 5.70. The molecule has 0 bridgehead atoms. The number of ether oxygens (including phenoxy) is 1. The van der Waals surface area contributed by atoms with E-state index in [1.165, 1.54) is 0 Å². The Kier molecular flexibility index (Phi) is 7.44. The standard InChI is InChI=1S/C22H30N6O/c1-4-23-22(27(3)16-17-29-19-11-6-5-10-18(19)2)24-14-9-13-21-26-25-20-12-7-8-15-28(20)21/h5-8,10-12,15H,4,9,13-14,16-17H2,1-3H3,(H,23,24). The predicted octanol–water partition coefficient (Wildman–Crippen LogP) is 2.95. The van der Waals surface area contributed by atoms with Crippen molar-refractivity contribution in [2.24, 2.45) is 4.99 Å². The molecule has 3 aromatic rings. The van der Waals surface area contributed by atoms with E-state index in [0.29, 0.717) is 6.61 Å². The van der Waals surface area contributed by atoms with Gasteiger partial charge in [0, 0.05) is 32.8 Å². The van der Waals surface area contributed by atoms with E-state index in [4.69, 9.17) is 9.73 Å². The lowest BCUT2D eigenvalue weighted by atomic mass is 10.2. The van der Waals surface area contributed by atoms with Crippen LogP contribution in [0.2, 0.25) is 0 Å². The van der Waals surface area contributed by atoms with Crippen molar-refractivity contribution in [3.8, 4) is 5.75 Å². The van der Waals surface area contributed by atoms with E-state index in [9.17, 15) is 0 Å². The summed E-state index contributed by atoms with van der Waals surface area (Å²) in [6, 6.07) is 14.0. The maximum absolute atomic E-state index is 5.91. The highest BCUT2D eigenvalue weighted by Crippen LogP contribution is 2.15. The molecule has 7 nitrogen and oxygen atoms in total. The second-order valence-electron chi connectivity index (χ2n) is 6.92. The number of rotatable bonds is 9. The molecular weight excluding hydrogens is 364 g/mol. The molecule has 0 aliphatic carbocycles. The predicted molar refractivity (Wildman–Crippen MR) is 117 cm³/mol. The van der Waals surface area contributed by atoms with Crippen molar-refractivity contribution in [3.63, 3.8) is 0 Å². The quantitative estimate of drug-likeness (QED) is 0.343. The molecule has 3 rings (SSSR count). The first-order chi connectivity index (χ1) is 14.2. The second-order valence-corrected chi connectivity index (χ2v) is 6.92. The van der Waals surface area contributed by atoms with Crippen molar-refractivity contribution in [3.05, 3.63) is 60.0 Å². The van der Waals surface area contributed by atoms with Gasteiger partial charge in [-0.1, -0.05) is 24.3 Å². The largest absolute Gasteiger partial charge is 0.491 e. The molecule has 0 saturated heterocycles.